The minimum atomic E-state index is -0.956. The van der Waals surface area contributed by atoms with Crippen molar-refractivity contribution in [3.05, 3.63) is 78.1 Å². The van der Waals surface area contributed by atoms with Crippen LogP contribution in [0.15, 0.2) is 67.0 Å². The highest BCUT2D eigenvalue weighted by molar-refractivity contribution is 6.09. The Balaban J connectivity index is 1.82. The van der Waals surface area contributed by atoms with Gasteiger partial charge < -0.3 is 10.1 Å². The van der Waals surface area contributed by atoms with Gasteiger partial charge in [0.05, 0.1) is 17.2 Å². The second kappa shape index (κ2) is 5.39. The van der Waals surface area contributed by atoms with E-state index in [1.165, 1.54) is 6.08 Å². The number of aromatic nitrogens is 3. The van der Waals surface area contributed by atoms with Crippen LogP contribution in [-0.4, -0.2) is 26.0 Å². The standard InChI is InChI=1S/C21H13N3O2/c25-19(26)10-16-12-4-1-2-5-13(12)20-14(16)6-3-7-15(20)21-23-17-8-9-22-11-18(17)24-21/h1-11H,(H,23,24)(H,25,26)/b16-10+. The summed E-state index contributed by atoms with van der Waals surface area (Å²) in [5.41, 5.74) is 7.24. The van der Waals surface area contributed by atoms with Crippen molar-refractivity contribution in [2.75, 3.05) is 0 Å². The number of H-pyrrole nitrogens is 1. The van der Waals surface area contributed by atoms with Gasteiger partial charge in [0.15, 0.2) is 0 Å². The zero-order valence-electron chi connectivity index (χ0n) is 13.6. The van der Waals surface area contributed by atoms with E-state index >= 15 is 0 Å². The van der Waals surface area contributed by atoms with Crippen molar-refractivity contribution in [3.8, 4) is 22.5 Å². The third-order valence-corrected chi connectivity index (χ3v) is 4.65. The lowest BCUT2D eigenvalue weighted by molar-refractivity contribution is -0.131. The van der Waals surface area contributed by atoms with Gasteiger partial charge in [-0.15, -0.1) is 0 Å². The van der Waals surface area contributed by atoms with E-state index in [1.54, 1.807) is 12.4 Å². The first-order valence-electron chi connectivity index (χ1n) is 8.20. The third-order valence-electron chi connectivity index (χ3n) is 4.65. The van der Waals surface area contributed by atoms with Crippen molar-refractivity contribution in [3.63, 3.8) is 0 Å². The number of nitrogens with one attached hydrogen (secondary N) is 1. The van der Waals surface area contributed by atoms with Crippen LogP contribution in [0.2, 0.25) is 0 Å². The van der Waals surface area contributed by atoms with E-state index in [0.29, 0.717) is 0 Å². The van der Waals surface area contributed by atoms with Gasteiger partial charge in [0.2, 0.25) is 0 Å². The van der Waals surface area contributed by atoms with Gasteiger partial charge in [0.25, 0.3) is 0 Å². The number of aliphatic carboxylic acids is 1. The van der Waals surface area contributed by atoms with Crippen molar-refractivity contribution < 1.29 is 9.90 Å². The first-order valence-corrected chi connectivity index (χ1v) is 8.20. The lowest BCUT2D eigenvalue weighted by Crippen LogP contribution is -1.91. The van der Waals surface area contributed by atoms with Crippen molar-refractivity contribution in [2.24, 2.45) is 0 Å². The Morgan fingerprint density at radius 3 is 2.54 bits per heavy atom. The van der Waals surface area contributed by atoms with Crippen LogP contribution in [0.3, 0.4) is 0 Å². The number of fused-ring (bicyclic) bond motifs is 4. The molecular formula is C21H13N3O2. The molecule has 4 aromatic rings. The highest BCUT2D eigenvalue weighted by atomic mass is 16.4. The molecule has 2 aromatic carbocycles. The van der Waals surface area contributed by atoms with E-state index in [1.807, 2.05) is 48.5 Å². The number of imidazole rings is 1. The molecule has 1 aliphatic rings. The lowest BCUT2D eigenvalue weighted by atomic mass is 9.98. The normalized spacial score (nSPS) is 13.8. The smallest absolute Gasteiger partial charge is 0.328 e. The number of pyridine rings is 1. The van der Waals surface area contributed by atoms with E-state index in [4.69, 9.17) is 0 Å². The molecule has 5 rings (SSSR count). The Bertz CT molecular complexity index is 1190. The number of aromatic amines is 1. The number of carboxylic acids is 1. The Labute approximate surface area is 148 Å². The van der Waals surface area contributed by atoms with Crippen molar-refractivity contribution in [1.29, 1.82) is 0 Å². The van der Waals surface area contributed by atoms with Gasteiger partial charge in [-0.2, -0.15) is 0 Å². The van der Waals surface area contributed by atoms with Crippen LogP contribution in [0, 0.1) is 0 Å². The van der Waals surface area contributed by atoms with Crippen LogP contribution in [0.1, 0.15) is 11.1 Å². The van der Waals surface area contributed by atoms with Gasteiger partial charge in [0.1, 0.15) is 5.82 Å². The summed E-state index contributed by atoms with van der Waals surface area (Å²) in [6.45, 7) is 0. The van der Waals surface area contributed by atoms with Crippen LogP contribution in [-0.2, 0) is 4.79 Å². The highest BCUT2D eigenvalue weighted by Gasteiger charge is 2.27. The van der Waals surface area contributed by atoms with Crippen molar-refractivity contribution in [2.45, 2.75) is 0 Å². The van der Waals surface area contributed by atoms with Crippen molar-refractivity contribution >= 4 is 22.6 Å². The van der Waals surface area contributed by atoms with Crippen LogP contribution in [0.5, 0.6) is 0 Å². The minimum absolute atomic E-state index is 0.725. The Hall–Kier alpha value is -3.73. The summed E-state index contributed by atoms with van der Waals surface area (Å²) < 4.78 is 0. The summed E-state index contributed by atoms with van der Waals surface area (Å²) in [6, 6.07) is 15.6. The summed E-state index contributed by atoms with van der Waals surface area (Å²) in [4.78, 5) is 23.5. The third kappa shape index (κ3) is 2.07. The second-order valence-electron chi connectivity index (χ2n) is 6.15. The summed E-state index contributed by atoms with van der Waals surface area (Å²) in [6.07, 6.45) is 4.74. The molecule has 5 heteroatoms. The average Bonchev–Trinajstić information content (AvgIpc) is 3.22. The topological polar surface area (TPSA) is 78.9 Å². The molecule has 124 valence electrons. The molecule has 2 N–H and O–H groups in total. The van der Waals surface area contributed by atoms with Gasteiger partial charge in [-0.25, -0.2) is 9.78 Å². The van der Waals surface area contributed by atoms with Crippen LogP contribution in [0.25, 0.3) is 39.1 Å². The van der Waals surface area contributed by atoms with Gasteiger partial charge >= 0.3 is 5.97 Å². The minimum Gasteiger partial charge on any atom is -0.478 e. The van der Waals surface area contributed by atoms with E-state index < -0.39 is 5.97 Å². The number of hydrogen-bond donors (Lipinski definition) is 2. The molecule has 0 saturated heterocycles. The van der Waals surface area contributed by atoms with Crippen LogP contribution >= 0.6 is 0 Å². The number of nitrogens with zero attached hydrogens (tertiary/aromatic N) is 2. The molecule has 0 atom stereocenters. The molecule has 0 aliphatic heterocycles. The summed E-state index contributed by atoms with van der Waals surface area (Å²) >= 11 is 0. The largest absolute Gasteiger partial charge is 0.478 e. The fourth-order valence-corrected chi connectivity index (χ4v) is 3.61. The zero-order chi connectivity index (χ0) is 17.7. The van der Waals surface area contributed by atoms with E-state index in [0.717, 1.165) is 50.2 Å². The molecule has 5 nitrogen and oxygen atoms in total. The Morgan fingerprint density at radius 1 is 0.962 bits per heavy atom. The van der Waals surface area contributed by atoms with Crippen molar-refractivity contribution in [1.82, 2.24) is 15.0 Å². The fraction of sp³-hybridized carbons (Fsp3) is 0. The maximum Gasteiger partial charge on any atom is 0.328 e. The first-order chi connectivity index (χ1) is 12.7. The Morgan fingerprint density at radius 2 is 1.73 bits per heavy atom. The van der Waals surface area contributed by atoms with E-state index in [2.05, 4.69) is 15.0 Å². The molecule has 0 saturated carbocycles. The summed E-state index contributed by atoms with van der Waals surface area (Å²) in [5.74, 6) is -0.209. The molecule has 0 radical (unpaired) electrons. The zero-order valence-corrected chi connectivity index (χ0v) is 13.6. The molecule has 1 aliphatic carbocycles. The molecular weight excluding hydrogens is 326 g/mol. The maximum atomic E-state index is 11.3. The molecule has 0 spiro atoms. The van der Waals surface area contributed by atoms with Gasteiger partial charge in [0, 0.05) is 23.4 Å². The summed E-state index contributed by atoms with van der Waals surface area (Å²) in [7, 11) is 0. The predicted octanol–water partition coefficient (Wildman–Crippen LogP) is 4.12. The van der Waals surface area contributed by atoms with Crippen LogP contribution < -0.4 is 0 Å². The maximum absolute atomic E-state index is 11.3. The first kappa shape index (κ1) is 14.6. The van der Waals surface area contributed by atoms with E-state index in [9.17, 15) is 9.90 Å². The molecule has 0 amide bonds. The van der Waals surface area contributed by atoms with Gasteiger partial charge in [-0.3, -0.25) is 4.98 Å². The lowest BCUT2D eigenvalue weighted by Gasteiger charge is -2.07. The predicted molar refractivity (Wildman–Crippen MR) is 99.5 cm³/mol. The molecule has 0 unspecified atom stereocenters. The SMILES string of the molecule is O=C(O)/C=C1\c2ccccc2-c2c1cccc2-c1nc2ccncc2[nH]1. The number of hydrogen-bond acceptors (Lipinski definition) is 3. The second-order valence-corrected chi connectivity index (χ2v) is 6.15. The highest BCUT2D eigenvalue weighted by Crippen LogP contribution is 2.48. The number of carbonyl (C=O) groups is 1. The number of rotatable bonds is 2. The van der Waals surface area contributed by atoms with Crippen LogP contribution in [0.4, 0.5) is 0 Å². The van der Waals surface area contributed by atoms with E-state index in [-0.39, 0.29) is 0 Å². The number of benzene rings is 2. The van der Waals surface area contributed by atoms with Gasteiger partial charge in [-0.1, -0.05) is 42.5 Å². The molecule has 26 heavy (non-hydrogen) atoms. The monoisotopic (exact) mass is 339 g/mol. The fourth-order valence-electron chi connectivity index (χ4n) is 3.61. The average molecular weight is 339 g/mol. The molecule has 2 aromatic heterocycles. The molecule has 0 fully saturated rings. The quantitative estimate of drug-likeness (QED) is 0.474. The van der Waals surface area contributed by atoms with Gasteiger partial charge in [-0.05, 0) is 28.3 Å². The number of carboxylic acid groups (broad SMARTS) is 1. The Kier molecular flexibility index (Phi) is 3.03. The summed E-state index contributed by atoms with van der Waals surface area (Å²) in [5, 5.41) is 9.30. The molecule has 0 bridgehead atoms. The molecule has 2 heterocycles.